The minimum atomic E-state index is -0.708. The quantitative estimate of drug-likeness (QED) is 0.847. The third kappa shape index (κ3) is 2.29. The van der Waals surface area contributed by atoms with Gasteiger partial charge in [-0.15, -0.1) is 0 Å². The van der Waals surface area contributed by atoms with Crippen molar-refractivity contribution in [1.29, 1.82) is 0 Å². The Kier molecular flexibility index (Phi) is 3.40. The van der Waals surface area contributed by atoms with E-state index in [9.17, 15) is 5.11 Å². The summed E-state index contributed by atoms with van der Waals surface area (Å²) < 4.78 is 0. The topological polar surface area (TPSA) is 59.1 Å². The molecule has 0 aliphatic carbocycles. The number of pyridine rings is 1. The molecule has 0 aliphatic rings. The second kappa shape index (κ2) is 4.97. The van der Waals surface area contributed by atoms with Crippen LogP contribution in [0, 0.1) is 0 Å². The van der Waals surface area contributed by atoms with E-state index in [4.69, 9.17) is 5.73 Å². The number of anilines is 1. The number of rotatable bonds is 3. The average Bonchev–Trinajstić information content (AvgIpc) is 2.38. The lowest BCUT2D eigenvalue weighted by Crippen LogP contribution is -2.07. The fraction of sp³-hybridized carbons (Fsp3) is 0.214. The number of aliphatic hydroxyl groups is 1. The SMILES string of the molecule is CCc1ccccc1C(O)c1cccnc1N. The van der Waals surface area contributed by atoms with Gasteiger partial charge < -0.3 is 10.8 Å². The summed E-state index contributed by atoms with van der Waals surface area (Å²) in [4.78, 5) is 4.00. The number of aryl methyl sites for hydroxylation is 1. The zero-order chi connectivity index (χ0) is 12.3. The van der Waals surface area contributed by atoms with Crippen LogP contribution in [0.25, 0.3) is 0 Å². The normalized spacial score (nSPS) is 12.4. The molecule has 3 nitrogen and oxygen atoms in total. The van der Waals surface area contributed by atoms with Crippen LogP contribution < -0.4 is 5.73 Å². The third-order valence-corrected chi connectivity index (χ3v) is 2.90. The lowest BCUT2D eigenvalue weighted by molar-refractivity contribution is 0.219. The number of aliphatic hydroxyl groups excluding tert-OH is 1. The smallest absolute Gasteiger partial charge is 0.129 e. The average molecular weight is 228 g/mol. The molecule has 0 radical (unpaired) electrons. The number of benzene rings is 1. The van der Waals surface area contributed by atoms with E-state index >= 15 is 0 Å². The largest absolute Gasteiger partial charge is 0.384 e. The molecule has 88 valence electrons. The number of nitrogens with two attached hydrogens (primary N) is 1. The van der Waals surface area contributed by atoms with Gasteiger partial charge in [-0.05, 0) is 23.6 Å². The first kappa shape index (κ1) is 11.6. The van der Waals surface area contributed by atoms with Crippen molar-refractivity contribution < 1.29 is 5.11 Å². The van der Waals surface area contributed by atoms with E-state index in [-0.39, 0.29) is 0 Å². The van der Waals surface area contributed by atoms with Gasteiger partial charge in [0.1, 0.15) is 11.9 Å². The summed E-state index contributed by atoms with van der Waals surface area (Å²) in [5.41, 5.74) is 8.47. The summed E-state index contributed by atoms with van der Waals surface area (Å²) in [7, 11) is 0. The van der Waals surface area contributed by atoms with Crippen LogP contribution in [0.3, 0.4) is 0 Å². The van der Waals surface area contributed by atoms with Gasteiger partial charge >= 0.3 is 0 Å². The lowest BCUT2D eigenvalue weighted by Gasteiger charge is -2.16. The number of nitrogen functional groups attached to an aromatic ring is 1. The predicted octanol–water partition coefficient (Wildman–Crippen LogP) is 2.31. The molecule has 0 spiro atoms. The van der Waals surface area contributed by atoms with Crippen LogP contribution in [0.1, 0.15) is 29.7 Å². The van der Waals surface area contributed by atoms with E-state index < -0.39 is 6.10 Å². The molecule has 0 aliphatic heterocycles. The Labute approximate surface area is 101 Å². The van der Waals surface area contributed by atoms with Crippen LogP contribution in [-0.4, -0.2) is 10.1 Å². The minimum absolute atomic E-state index is 0.380. The third-order valence-electron chi connectivity index (χ3n) is 2.90. The molecule has 3 N–H and O–H groups in total. The Balaban J connectivity index is 2.44. The van der Waals surface area contributed by atoms with Gasteiger partial charge in [-0.1, -0.05) is 37.3 Å². The van der Waals surface area contributed by atoms with Crippen molar-refractivity contribution in [2.45, 2.75) is 19.4 Å². The maximum atomic E-state index is 10.4. The van der Waals surface area contributed by atoms with Crippen LogP contribution >= 0.6 is 0 Å². The Morgan fingerprint density at radius 1 is 1.18 bits per heavy atom. The maximum Gasteiger partial charge on any atom is 0.129 e. The molecule has 1 unspecified atom stereocenters. The predicted molar refractivity (Wildman–Crippen MR) is 68.5 cm³/mol. The highest BCUT2D eigenvalue weighted by molar-refractivity contribution is 5.46. The van der Waals surface area contributed by atoms with E-state index in [2.05, 4.69) is 11.9 Å². The van der Waals surface area contributed by atoms with Crippen molar-refractivity contribution in [3.63, 3.8) is 0 Å². The van der Waals surface area contributed by atoms with Crippen LogP contribution in [0.5, 0.6) is 0 Å². The molecular weight excluding hydrogens is 212 g/mol. The molecule has 0 amide bonds. The summed E-state index contributed by atoms with van der Waals surface area (Å²) in [5, 5.41) is 10.4. The van der Waals surface area contributed by atoms with Crippen molar-refractivity contribution in [3.8, 4) is 0 Å². The van der Waals surface area contributed by atoms with E-state index in [0.717, 1.165) is 17.5 Å². The molecule has 17 heavy (non-hydrogen) atoms. The fourth-order valence-corrected chi connectivity index (χ4v) is 1.95. The summed E-state index contributed by atoms with van der Waals surface area (Å²) in [5.74, 6) is 0.380. The highest BCUT2D eigenvalue weighted by Crippen LogP contribution is 2.27. The summed E-state index contributed by atoms with van der Waals surface area (Å²) in [6, 6.07) is 11.4. The van der Waals surface area contributed by atoms with Gasteiger partial charge in [-0.3, -0.25) is 0 Å². The van der Waals surface area contributed by atoms with Crippen molar-refractivity contribution in [1.82, 2.24) is 4.98 Å². The van der Waals surface area contributed by atoms with E-state index in [1.54, 1.807) is 18.3 Å². The molecule has 3 heteroatoms. The second-order valence-corrected chi connectivity index (χ2v) is 3.93. The molecule has 2 rings (SSSR count). The van der Waals surface area contributed by atoms with Gasteiger partial charge in [0.25, 0.3) is 0 Å². The summed E-state index contributed by atoms with van der Waals surface area (Å²) in [6.45, 7) is 2.07. The molecule has 0 bridgehead atoms. The molecule has 0 saturated carbocycles. The maximum absolute atomic E-state index is 10.4. The van der Waals surface area contributed by atoms with Crippen LogP contribution in [-0.2, 0) is 6.42 Å². The second-order valence-electron chi connectivity index (χ2n) is 3.93. The Morgan fingerprint density at radius 2 is 1.88 bits per heavy atom. The number of aromatic nitrogens is 1. The van der Waals surface area contributed by atoms with Crippen molar-refractivity contribution >= 4 is 5.82 Å². The molecule has 1 heterocycles. The monoisotopic (exact) mass is 228 g/mol. The Bertz CT molecular complexity index is 511. The summed E-state index contributed by atoms with van der Waals surface area (Å²) in [6.07, 6.45) is 1.80. The minimum Gasteiger partial charge on any atom is -0.384 e. The molecule has 1 aromatic heterocycles. The lowest BCUT2D eigenvalue weighted by atomic mass is 9.96. The molecule has 1 atom stereocenters. The van der Waals surface area contributed by atoms with Crippen molar-refractivity contribution in [2.24, 2.45) is 0 Å². The Morgan fingerprint density at radius 3 is 2.59 bits per heavy atom. The Hall–Kier alpha value is -1.87. The zero-order valence-electron chi connectivity index (χ0n) is 9.80. The van der Waals surface area contributed by atoms with Crippen LogP contribution in [0.2, 0.25) is 0 Å². The molecule has 0 saturated heterocycles. The molecule has 2 aromatic rings. The number of hydrogen-bond donors (Lipinski definition) is 2. The standard InChI is InChI=1S/C14H16N2O/c1-2-10-6-3-4-7-11(10)13(17)12-8-5-9-16-14(12)15/h3-9,13,17H,2H2,1H3,(H2,15,16). The van der Waals surface area contributed by atoms with Gasteiger partial charge in [0, 0.05) is 11.8 Å². The van der Waals surface area contributed by atoms with Crippen LogP contribution in [0.4, 0.5) is 5.82 Å². The van der Waals surface area contributed by atoms with E-state index in [0.29, 0.717) is 11.4 Å². The molecular formula is C14H16N2O. The first-order valence-electron chi connectivity index (χ1n) is 5.70. The zero-order valence-corrected chi connectivity index (χ0v) is 9.80. The highest BCUT2D eigenvalue weighted by Gasteiger charge is 2.16. The first-order chi connectivity index (χ1) is 8.24. The van der Waals surface area contributed by atoms with Crippen molar-refractivity contribution in [3.05, 3.63) is 59.3 Å². The van der Waals surface area contributed by atoms with E-state index in [1.165, 1.54) is 0 Å². The first-order valence-corrected chi connectivity index (χ1v) is 5.70. The van der Waals surface area contributed by atoms with Crippen molar-refractivity contribution in [2.75, 3.05) is 5.73 Å². The van der Waals surface area contributed by atoms with Crippen LogP contribution in [0.15, 0.2) is 42.6 Å². The van der Waals surface area contributed by atoms with Gasteiger partial charge in [-0.2, -0.15) is 0 Å². The van der Waals surface area contributed by atoms with Gasteiger partial charge in [0.2, 0.25) is 0 Å². The van der Waals surface area contributed by atoms with Gasteiger partial charge in [0.15, 0.2) is 0 Å². The fourth-order valence-electron chi connectivity index (χ4n) is 1.95. The number of nitrogens with zero attached hydrogens (tertiary/aromatic N) is 1. The highest BCUT2D eigenvalue weighted by atomic mass is 16.3. The summed E-state index contributed by atoms with van der Waals surface area (Å²) >= 11 is 0. The number of hydrogen-bond acceptors (Lipinski definition) is 3. The molecule has 1 aromatic carbocycles. The van der Waals surface area contributed by atoms with E-state index in [1.807, 2.05) is 24.3 Å². The van der Waals surface area contributed by atoms with Gasteiger partial charge in [0.05, 0.1) is 0 Å². The molecule has 0 fully saturated rings. The van der Waals surface area contributed by atoms with Gasteiger partial charge in [-0.25, -0.2) is 4.98 Å².